The van der Waals surface area contributed by atoms with Crippen LogP contribution in [0, 0.1) is 5.41 Å². The van der Waals surface area contributed by atoms with Gasteiger partial charge < -0.3 is 20.6 Å². The van der Waals surface area contributed by atoms with Crippen LogP contribution >= 0.6 is 0 Å². The first-order chi connectivity index (χ1) is 12.5. The zero-order chi connectivity index (χ0) is 18.7. The molecular weight excluding hydrogens is 332 g/mol. The van der Waals surface area contributed by atoms with Gasteiger partial charge in [0, 0.05) is 26.4 Å². The average molecular weight is 354 g/mol. The van der Waals surface area contributed by atoms with Crippen LogP contribution in [0.5, 0.6) is 0 Å². The SMILES string of the molecule is CNc1nc(CN(C)CC(=O)N2Cc3ccccc3C2)[nH]c(=O)c1C=N. The molecule has 0 bridgehead atoms. The van der Waals surface area contributed by atoms with Crippen LogP contribution in [-0.4, -0.2) is 52.5 Å². The molecule has 8 nitrogen and oxygen atoms in total. The molecule has 0 unspecified atom stereocenters. The first-order valence-corrected chi connectivity index (χ1v) is 8.36. The van der Waals surface area contributed by atoms with Gasteiger partial charge in [-0.05, 0) is 18.2 Å². The lowest BCUT2D eigenvalue weighted by Crippen LogP contribution is -2.36. The predicted molar refractivity (Wildman–Crippen MR) is 99.3 cm³/mol. The summed E-state index contributed by atoms with van der Waals surface area (Å²) >= 11 is 0. The minimum atomic E-state index is -0.371. The molecule has 3 N–H and O–H groups in total. The normalized spacial score (nSPS) is 13.0. The van der Waals surface area contributed by atoms with Crippen molar-refractivity contribution >= 4 is 17.9 Å². The lowest BCUT2D eigenvalue weighted by Gasteiger charge is -2.21. The van der Waals surface area contributed by atoms with Gasteiger partial charge in [-0.25, -0.2) is 4.98 Å². The molecule has 136 valence electrons. The summed E-state index contributed by atoms with van der Waals surface area (Å²) in [7, 11) is 3.46. The topological polar surface area (TPSA) is 105 Å². The standard InChI is InChI=1S/C18H22N6O2/c1-20-17-14(7-19)18(26)22-15(21-17)10-23(2)11-16(25)24-8-12-5-3-4-6-13(12)9-24/h3-7,19H,8-11H2,1-2H3,(H2,20,21,22,26). The lowest BCUT2D eigenvalue weighted by molar-refractivity contribution is -0.132. The van der Waals surface area contributed by atoms with Crippen LogP contribution in [-0.2, 0) is 24.4 Å². The van der Waals surface area contributed by atoms with Crippen molar-refractivity contribution in [3.05, 3.63) is 57.1 Å². The fraction of sp³-hybridized carbons (Fsp3) is 0.333. The van der Waals surface area contributed by atoms with Crippen LogP contribution in [0.15, 0.2) is 29.1 Å². The van der Waals surface area contributed by atoms with E-state index in [0.29, 0.717) is 31.3 Å². The molecule has 1 aromatic carbocycles. The third-order valence-corrected chi connectivity index (χ3v) is 4.40. The van der Waals surface area contributed by atoms with Crippen LogP contribution < -0.4 is 10.9 Å². The minimum Gasteiger partial charge on any atom is -0.372 e. The molecule has 2 aromatic rings. The molecule has 1 amide bonds. The summed E-state index contributed by atoms with van der Waals surface area (Å²) in [4.78, 5) is 35.2. The molecule has 8 heteroatoms. The number of rotatable bonds is 6. The van der Waals surface area contributed by atoms with Crippen LogP contribution in [0.3, 0.4) is 0 Å². The number of aromatic amines is 1. The van der Waals surface area contributed by atoms with Crippen LogP contribution in [0.1, 0.15) is 22.5 Å². The van der Waals surface area contributed by atoms with E-state index < -0.39 is 0 Å². The monoisotopic (exact) mass is 354 g/mol. The quantitative estimate of drug-likeness (QED) is 0.665. The highest BCUT2D eigenvalue weighted by atomic mass is 16.2. The Hall–Kier alpha value is -3.00. The number of aromatic nitrogens is 2. The second kappa shape index (κ2) is 7.49. The van der Waals surface area contributed by atoms with Crippen molar-refractivity contribution in [1.82, 2.24) is 19.8 Å². The molecule has 1 aliphatic heterocycles. The number of hydrogen-bond donors (Lipinski definition) is 3. The highest BCUT2D eigenvalue weighted by Crippen LogP contribution is 2.22. The molecule has 0 atom stereocenters. The highest BCUT2D eigenvalue weighted by Gasteiger charge is 2.23. The second-order valence-corrected chi connectivity index (χ2v) is 6.36. The number of hydrogen-bond acceptors (Lipinski definition) is 6. The van der Waals surface area contributed by atoms with Crippen molar-refractivity contribution in [2.75, 3.05) is 26.0 Å². The maximum Gasteiger partial charge on any atom is 0.261 e. The molecule has 0 aliphatic carbocycles. The number of H-pyrrole nitrogens is 1. The highest BCUT2D eigenvalue weighted by molar-refractivity contribution is 5.83. The Balaban J connectivity index is 1.63. The Morgan fingerprint density at radius 1 is 1.38 bits per heavy atom. The van der Waals surface area contributed by atoms with Crippen LogP contribution in [0.2, 0.25) is 0 Å². The number of anilines is 1. The van der Waals surface area contributed by atoms with Crippen molar-refractivity contribution in [3.8, 4) is 0 Å². The van der Waals surface area contributed by atoms with Crippen molar-refractivity contribution in [2.24, 2.45) is 0 Å². The van der Waals surface area contributed by atoms with Gasteiger partial charge >= 0.3 is 0 Å². The third-order valence-electron chi connectivity index (χ3n) is 4.40. The Labute approximate surface area is 151 Å². The van der Waals surface area contributed by atoms with Crippen molar-refractivity contribution < 1.29 is 4.79 Å². The van der Waals surface area contributed by atoms with Crippen molar-refractivity contribution in [1.29, 1.82) is 5.41 Å². The van der Waals surface area contributed by atoms with Crippen molar-refractivity contribution in [2.45, 2.75) is 19.6 Å². The molecule has 3 rings (SSSR count). The molecule has 0 radical (unpaired) electrons. The number of carbonyl (C=O) groups excluding carboxylic acids is 1. The fourth-order valence-electron chi connectivity index (χ4n) is 3.08. The number of amides is 1. The van der Waals surface area contributed by atoms with E-state index in [1.165, 1.54) is 11.1 Å². The first-order valence-electron chi connectivity index (χ1n) is 8.36. The summed E-state index contributed by atoms with van der Waals surface area (Å²) in [5, 5.41) is 10.1. The van der Waals surface area contributed by atoms with Gasteiger partial charge in [0.05, 0.1) is 18.7 Å². The molecule has 0 fully saturated rings. The maximum atomic E-state index is 12.6. The molecule has 0 spiro atoms. The summed E-state index contributed by atoms with van der Waals surface area (Å²) in [6.07, 6.45) is 0.972. The zero-order valence-corrected chi connectivity index (χ0v) is 14.9. The molecule has 2 heterocycles. The Bertz CT molecular complexity index is 866. The Kier molecular flexibility index (Phi) is 5.13. The smallest absolute Gasteiger partial charge is 0.261 e. The van der Waals surface area contributed by atoms with Gasteiger partial charge in [0.2, 0.25) is 5.91 Å². The third kappa shape index (κ3) is 3.65. The summed E-state index contributed by atoms with van der Waals surface area (Å²) in [6.45, 7) is 1.83. The van der Waals surface area contributed by atoms with E-state index in [4.69, 9.17) is 5.41 Å². The van der Waals surface area contributed by atoms with Gasteiger partial charge in [0.15, 0.2) is 0 Å². The van der Waals surface area contributed by atoms with Gasteiger partial charge in [-0.1, -0.05) is 24.3 Å². The van der Waals surface area contributed by atoms with Gasteiger partial charge in [-0.3, -0.25) is 14.5 Å². The van der Waals surface area contributed by atoms with Gasteiger partial charge in [0.1, 0.15) is 11.6 Å². The van der Waals surface area contributed by atoms with Gasteiger partial charge in [-0.15, -0.1) is 0 Å². The number of likely N-dealkylation sites (N-methyl/N-ethyl adjacent to an activating group) is 1. The fourth-order valence-corrected chi connectivity index (χ4v) is 3.08. The van der Waals surface area contributed by atoms with E-state index in [0.717, 1.165) is 6.21 Å². The zero-order valence-electron chi connectivity index (χ0n) is 14.9. The van der Waals surface area contributed by atoms with Gasteiger partial charge in [-0.2, -0.15) is 0 Å². The number of carbonyl (C=O) groups is 1. The van der Waals surface area contributed by atoms with Crippen LogP contribution in [0.4, 0.5) is 5.82 Å². The number of nitrogens with zero attached hydrogens (tertiary/aromatic N) is 3. The molecule has 26 heavy (non-hydrogen) atoms. The van der Waals surface area contributed by atoms with E-state index in [2.05, 4.69) is 15.3 Å². The van der Waals surface area contributed by atoms with E-state index >= 15 is 0 Å². The largest absolute Gasteiger partial charge is 0.372 e. The molecule has 0 saturated carbocycles. The molecule has 1 aliphatic rings. The van der Waals surface area contributed by atoms with E-state index in [9.17, 15) is 9.59 Å². The lowest BCUT2D eigenvalue weighted by atomic mass is 10.1. The number of fused-ring (bicyclic) bond motifs is 1. The first kappa shape index (κ1) is 17.8. The number of nitrogens with one attached hydrogen (secondary N) is 3. The van der Waals surface area contributed by atoms with Gasteiger partial charge in [0.25, 0.3) is 5.56 Å². The van der Waals surface area contributed by atoms with Crippen molar-refractivity contribution in [3.63, 3.8) is 0 Å². The predicted octanol–water partition coefficient (Wildman–Crippen LogP) is 0.783. The van der Waals surface area contributed by atoms with E-state index in [1.54, 1.807) is 7.05 Å². The molecular formula is C18H22N6O2. The van der Waals surface area contributed by atoms with E-state index in [-0.39, 0.29) is 23.6 Å². The maximum absolute atomic E-state index is 12.6. The summed E-state index contributed by atoms with van der Waals surface area (Å²) in [5.41, 5.74) is 2.19. The summed E-state index contributed by atoms with van der Waals surface area (Å²) in [6, 6.07) is 8.06. The molecule has 0 saturated heterocycles. The Morgan fingerprint density at radius 2 is 2.04 bits per heavy atom. The van der Waals surface area contributed by atoms with Crippen LogP contribution in [0.25, 0.3) is 0 Å². The molecule has 1 aromatic heterocycles. The summed E-state index contributed by atoms with van der Waals surface area (Å²) < 4.78 is 0. The second-order valence-electron chi connectivity index (χ2n) is 6.36. The van der Waals surface area contributed by atoms with E-state index in [1.807, 2.05) is 41.1 Å². The summed E-state index contributed by atoms with van der Waals surface area (Å²) in [5.74, 6) is 0.842. The number of benzene rings is 1. The average Bonchev–Trinajstić information content (AvgIpc) is 3.05. The Morgan fingerprint density at radius 3 is 2.62 bits per heavy atom. The minimum absolute atomic E-state index is 0.0380.